The van der Waals surface area contributed by atoms with E-state index in [4.69, 9.17) is 4.74 Å². The maximum atomic E-state index is 13.8. The first-order valence-electron chi connectivity index (χ1n) is 12.9. The van der Waals surface area contributed by atoms with E-state index in [1.54, 1.807) is 44.5 Å². The van der Waals surface area contributed by atoms with Crippen molar-refractivity contribution in [3.05, 3.63) is 100 Å². The Labute approximate surface area is 230 Å². The summed E-state index contributed by atoms with van der Waals surface area (Å²) in [7, 11) is 0. The molecule has 0 unspecified atom stereocenters. The Balaban J connectivity index is 1.57. The van der Waals surface area contributed by atoms with Crippen LogP contribution in [0.15, 0.2) is 77.9 Å². The standard InChI is InChI=1S/C30H30N6O4/c1-18-11-9-12-20-17-22(36(28(38)23(18)20)21-13-7-6-8-14-21)19(2)32-27(37)24-25(33-29(39)40-30(3,4)5)34-35-16-10-15-31-26(24)35/h6-17,19H,1-5H3,(H,32,37)(H,33,34,39)/t19-/m0/s1. The molecule has 0 aliphatic rings. The molecular formula is C30H30N6O4. The monoisotopic (exact) mass is 538 g/mol. The third-order valence-electron chi connectivity index (χ3n) is 6.33. The average Bonchev–Trinajstić information content (AvgIpc) is 3.25. The zero-order valence-electron chi connectivity index (χ0n) is 22.9. The molecule has 3 heterocycles. The number of nitrogens with zero attached hydrogens (tertiary/aromatic N) is 4. The first kappa shape index (κ1) is 26.6. The molecule has 10 nitrogen and oxygen atoms in total. The lowest BCUT2D eigenvalue weighted by molar-refractivity contribution is 0.0635. The van der Waals surface area contributed by atoms with E-state index in [1.807, 2.05) is 61.5 Å². The van der Waals surface area contributed by atoms with Crippen molar-refractivity contribution in [2.75, 3.05) is 5.32 Å². The van der Waals surface area contributed by atoms with Crippen molar-refractivity contribution < 1.29 is 14.3 Å². The van der Waals surface area contributed by atoms with Crippen LogP contribution in [0.1, 0.15) is 55.4 Å². The van der Waals surface area contributed by atoms with Crippen LogP contribution in [0.5, 0.6) is 0 Å². The van der Waals surface area contributed by atoms with Crippen LogP contribution in [0.2, 0.25) is 0 Å². The number of aromatic nitrogens is 4. The number of rotatable bonds is 5. The number of carbonyl (C=O) groups is 2. The Hall–Kier alpha value is -4.99. The summed E-state index contributed by atoms with van der Waals surface area (Å²) in [5.74, 6) is -0.518. The van der Waals surface area contributed by atoms with Gasteiger partial charge in [0.1, 0.15) is 11.2 Å². The Morgan fingerprint density at radius 2 is 1.77 bits per heavy atom. The molecule has 10 heteroatoms. The van der Waals surface area contributed by atoms with E-state index in [-0.39, 0.29) is 22.6 Å². The lowest BCUT2D eigenvalue weighted by atomic mass is 10.0. The summed E-state index contributed by atoms with van der Waals surface area (Å²) >= 11 is 0. The first-order chi connectivity index (χ1) is 19.0. The van der Waals surface area contributed by atoms with Crippen LogP contribution in [0.3, 0.4) is 0 Å². The van der Waals surface area contributed by atoms with Gasteiger partial charge < -0.3 is 10.1 Å². The van der Waals surface area contributed by atoms with Crippen molar-refractivity contribution in [2.24, 2.45) is 0 Å². The fourth-order valence-electron chi connectivity index (χ4n) is 4.64. The second-order valence-corrected chi connectivity index (χ2v) is 10.5. The van der Waals surface area contributed by atoms with Gasteiger partial charge in [-0.3, -0.25) is 19.5 Å². The zero-order valence-corrected chi connectivity index (χ0v) is 22.9. The van der Waals surface area contributed by atoms with Crippen LogP contribution in [0.4, 0.5) is 10.6 Å². The minimum Gasteiger partial charge on any atom is -0.444 e. The Kier molecular flexibility index (Phi) is 6.85. The van der Waals surface area contributed by atoms with Crippen molar-refractivity contribution in [2.45, 2.75) is 46.3 Å². The second kappa shape index (κ2) is 10.3. The molecule has 0 fully saturated rings. The van der Waals surface area contributed by atoms with Gasteiger partial charge in [-0.25, -0.2) is 14.3 Å². The van der Waals surface area contributed by atoms with E-state index in [9.17, 15) is 14.4 Å². The Bertz CT molecular complexity index is 1800. The fraction of sp³-hybridized carbons (Fsp3) is 0.233. The number of nitrogens with one attached hydrogen (secondary N) is 2. The molecule has 2 aromatic carbocycles. The fourth-order valence-corrected chi connectivity index (χ4v) is 4.64. The van der Waals surface area contributed by atoms with Gasteiger partial charge in [0.15, 0.2) is 11.5 Å². The van der Waals surface area contributed by atoms with Crippen molar-refractivity contribution in [1.82, 2.24) is 24.5 Å². The van der Waals surface area contributed by atoms with E-state index in [2.05, 4.69) is 20.7 Å². The molecule has 0 bridgehead atoms. The summed E-state index contributed by atoms with van der Waals surface area (Å²) in [6.45, 7) is 8.93. The molecule has 0 radical (unpaired) electrons. The highest BCUT2D eigenvalue weighted by Gasteiger charge is 2.27. The average molecular weight is 539 g/mol. The number of fused-ring (bicyclic) bond motifs is 2. The van der Waals surface area contributed by atoms with Crippen LogP contribution < -0.4 is 16.2 Å². The van der Waals surface area contributed by atoms with Crippen LogP contribution in [0, 0.1) is 6.92 Å². The van der Waals surface area contributed by atoms with Gasteiger partial charge >= 0.3 is 6.09 Å². The lowest BCUT2D eigenvalue weighted by Gasteiger charge is -2.21. The molecule has 40 heavy (non-hydrogen) atoms. The summed E-state index contributed by atoms with van der Waals surface area (Å²) in [6, 6.07) is 17.9. The summed E-state index contributed by atoms with van der Waals surface area (Å²) in [4.78, 5) is 44.4. The van der Waals surface area contributed by atoms with E-state index >= 15 is 0 Å². The van der Waals surface area contributed by atoms with Crippen LogP contribution >= 0.6 is 0 Å². The number of pyridine rings is 1. The summed E-state index contributed by atoms with van der Waals surface area (Å²) in [5.41, 5.74) is 1.55. The van der Waals surface area contributed by atoms with Gasteiger partial charge in [-0.05, 0) is 69.8 Å². The molecule has 3 aromatic heterocycles. The van der Waals surface area contributed by atoms with Gasteiger partial charge in [0.2, 0.25) is 0 Å². The number of amides is 2. The SMILES string of the molecule is Cc1cccc2cc([C@H](C)NC(=O)c3c(NC(=O)OC(C)(C)C)nn4cccnc34)n(-c3ccccc3)c(=O)c12. The number of hydrogen-bond acceptors (Lipinski definition) is 6. The number of hydrogen-bond donors (Lipinski definition) is 2. The predicted molar refractivity (Wildman–Crippen MR) is 153 cm³/mol. The third kappa shape index (κ3) is 5.15. The maximum absolute atomic E-state index is 13.8. The summed E-state index contributed by atoms with van der Waals surface area (Å²) in [6.07, 6.45) is 2.41. The van der Waals surface area contributed by atoms with Crippen LogP contribution in [-0.2, 0) is 4.74 Å². The third-order valence-corrected chi connectivity index (χ3v) is 6.33. The predicted octanol–water partition coefficient (Wildman–Crippen LogP) is 5.18. The molecule has 0 spiro atoms. The van der Waals surface area contributed by atoms with Crippen LogP contribution in [-0.4, -0.2) is 36.8 Å². The summed E-state index contributed by atoms with van der Waals surface area (Å²) < 4.78 is 8.39. The molecular weight excluding hydrogens is 508 g/mol. The smallest absolute Gasteiger partial charge is 0.413 e. The minimum atomic E-state index is -0.749. The minimum absolute atomic E-state index is 0.00670. The molecule has 5 aromatic rings. The highest BCUT2D eigenvalue weighted by molar-refractivity contribution is 6.07. The van der Waals surface area contributed by atoms with E-state index in [0.29, 0.717) is 16.8 Å². The molecule has 5 rings (SSSR count). The van der Waals surface area contributed by atoms with E-state index in [1.165, 1.54) is 10.7 Å². The van der Waals surface area contributed by atoms with Gasteiger partial charge in [0.05, 0.1) is 11.4 Å². The van der Waals surface area contributed by atoms with Crippen molar-refractivity contribution >= 4 is 34.2 Å². The number of anilines is 1. The number of ether oxygens (including phenoxy) is 1. The second-order valence-electron chi connectivity index (χ2n) is 10.5. The number of carbonyl (C=O) groups excluding carboxylic acids is 2. The van der Waals surface area contributed by atoms with Crippen molar-refractivity contribution in [3.63, 3.8) is 0 Å². The topological polar surface area (TPSA) is 120 Å². The number of aryl methyl sites for hydroxylation is 1. The van der Waals surface area contributed by atoms with Crippen LogP contribution in [0.25, 0.3) is 22.1 Å². The van der Waals surface area contributed by atoms with Gasteiger partial charge in [0.25, 0.3) is 11.5 Å². The summed E-state index contributed by atoms with van der Waals surface area (Å²) in [5, 5.41) is 11.3. The lowest BCUT2D eigenvalue weighted by Crippen LogP contribution is -2.33. The Morgan fingerprint density at radius 3 is 2.50 bits per heavy atom. The molecule has 1 atom stereocenters. The molecule has 2 N–H and O–H groups in total. The van der Waals surface area contributed by atoms with Gasteiger partial charge in [-0.2, -0.15) is 0 Å². The first-order valence-corrected chi connectivity index (χ1v) is 12.9. The molecule has 0 saturated heterocycles. The quantitative estimate of drug-likeness (QED) is 0.318. The molecule has 0 saturated carbocycles. The van der Waals surface area contributed by atoms with Gasteiger partial charge in [-0.1, -0.05) is 36.4 Å². The van der Waals surface area contributed by atoms with Gasteiger partial charge in [0, 0.05) is 23.8 Å². The zero-order chi connectivity index (χ0) is 28.6. The molecule has 2 amide bonds. The molecule has 0 aliphatic carbocycles. The largest absolute Gasteiger partial charge is 0.444 e. The number of para-hydroxylation sites is 1. The van der Waals surface area contributed by atoms with Crippen molar-refractivity contribution in [1.29, 1.82) is 0 Å². The number of benzene rings is 2. The van der Waals surface area contributed by atoms with Gasteiger partial charge in [-0.15, -0.1) is 5.10 Å². The Morgan fingerprint density at radius 1 is 1.02 bits per heavy atom. The highest BCUT2D eigenvalue weighted by atomic mass is 16.6. The molecule has 204 valence electrons. The normalized spacial score (nSPS) is 12.3. The van der Waals surface area contributed by atoms with Crippen molar-refractivity contribution in [3.8, 4) is 5.69 Å². The van der Waals surface area contributed by atoms with E-state index < -0.39 is 23.6 Å². The molecule has 0 aliphatic heterocycles. The highest BCUT2D eigenvalue weighted by Crippen LogP contribution is 2.25. The maximum Gasteiger partial charge on any atom is 0.413 e. The van der Waals surface area contributed by atoms with E-state index in [0.717, 1.165) is 10.9 Å².